The van der Waals surface area contributed by atoms with Crippen LogP contribution in [0.1, 0.15) is 20.3 Å². The summed E-state index contributed by atoms with van der Waals surface area (Å²) in [5.41, 5.74) is -0.000326. The first-order chi connectivity index (χ1) is 8.95. The SMILES string of the molecule is CCC(=O)NCCN(C(C)=O)c1ccc(F)cc1F. The van der Waals surface area contributed by atoms with Crippen molar-refractivity contribution in [1.29, 1.82) is 0 Å². The molecule has 2 amide bonds. The topological polar surface area (TPSA) is 49.4 Å². The number of hydrogen-bond acceptors (Lipinski definition) is 2. The molecule has 4 nitrogen and oxygen atoms in total. The maximum absolute atomic E-state index is 13.6. The molecule has 0 saturated carbocycles. The van der Waals surface area contributed by atoms with Gasteiger partial charge in [0.1, 0.15) is 11.6 Å². The van der Waals surface area contributed by atoms with E-state index < -0.39 is 11.6 Å². The summed E-state index contributed by atoms with van der Waals surface area (Å²) in [7, 11) is 0. The van der Waals surface area contributed by atoms with Crippen molar-refractivity contribution in [2.24, 2.45) is 0 Å². The highest BCUT2D eigenvalue weighted by Crippen LogP contribution is 2.20. The average molecular weight is 270 g/mol. The summed E-state index contributed by atoms with van der Waals surface area (Å²) in [6.07, 6.45) is 0.338. The quantitative estimate of drug-likeness (QED) is 0.887. The molecule has 19 heavy (non-hydrogen) atoms. The predicted molar refractivity (Wildman–Crippen MR) is 67.7 cm³/mol. The van der Waals surface area contributed by atoms with Gasteiger partial charge in [0.15, 0.2) is 0 Å². The molecule has 0 aliphatic rings. The van der Waals surface area contributed by atoms with Crippen molar-refractivity contribution in [1.82, 2.24) is 5.32 Å². The third-order valence-corrected chi connectivity index (χ3v) is 2.56. The molecule has 0 spiro atoms. The Labute approximate surface area is 110 Å². The van der Waals surface area contributed by atoms with Crippen molar-refractivity contribution in [2.75, 3.05) is 18.0 Å². The van der Waals surface area contributed by atoms with Gasteiger partial charge in [0, 0.05) is 32.5 Å². The van der Waals surface area contributed by atoms with E-state index in [2.05, 4.69) is 5.32 Å². The average Bonchev–Trinajstić information content (AvgIpc) is 2.35. The number of amides is 2. The molecule has 6 heteroatoms. The highest BCUT2D eigenvalue weighted by atomic mass is 19.1. The molecule has 0 fully saturated rings. The first-order valence-corrected chi connectivity index (χ1v) is 5.95. The monoisotopic (exact) mass is 270 g/mol. The van der Waals surface area contributed by atoms with E-state index in [-0.39, 0.29) is 30.6 Å². The van der Waals surface area contributed by atoms with Crippen LogP contribution in [0.3, 0.4) is 0 Å². The van der Waals surface area contributed by atoms with E-state index in [9.17, 15) is 18.4 Å². The first-order valence-electron chi connectivity index (χ1n) is 5.95. The summed E-state index contributed by atoms with van der Waals surface area (Å²) in [5.74, 6) is -2.04. The number of halogens is 2. The summed E-state index contributed by atoms with van der Waals surface area (Å²) >= 11 is 0. The Hall–Kier alpha value is -1.98. The second-order valence-corrected chi connectivity index (χ2v) is 3.97. The van der Waals surface area contributed by atoms with Crippen LogP contribution in [0.5, 0.6) is 0 Å². The predicted octanol–water partition coefficient (Wildman–Crippen LogP) is 1.84. The molecule has 1 aromatic rings. The minimum absolute atomic E-state index is 0.000326. The minimum Gasteiger partial charge on any atom is -0.354 e. The number of anilines is 1. The Bertz CT molecular complexity index is 478. The number of carbonyl (C=O) groups excluding carboxylic acids is 2. The van der Waals surface area contributed by atoms with Crippen molar-refractivity contribution in [3.63, 3.8) is 0 Å². The van der Waals surface area contributed by atoms with E-state index in [1.54, 1.807) is 6.92 Å². The Kier molecular flexibility index (Phi) is 5.41. The fourth-order valence-corrected chi connectivity index (χ4v) is 1.58. The highest BCUT2D eigenvalue weighted by Gasteiger charge is 2.16. The molecule has 0 saturated heterocycles. The van der Waals surface area contributed by atoms with Crippen LogP contribution in [0.4, 0.5) is 14.5 Å². The normalized spacial score (nSPS) is 10.1. The van der Waals surface area contributed by atoms with Crippen LogP contribution in [0.15, 0.2) is 18.2 Å². The van der Waals surface area contributed by atoms with E-state index in [4.69, 9.17) is 0 Å². The maximum atomic E-state index is 13.6. The molecule has 1 N–H and O–H groups in total. The molecular weight excluding hydrogens is 254 g/mol. The summed E-state index contributed by atoms with van der Waals surface area (Å²) in [6, 6.07) is 3.00. The molecule has 104 valence electrons. The largest absolute Gasteiger partial charge is 0.354 e. The fourth-order valence-electron chi connectivity index (χ4n) is 1.58. The zero-order valence-corrected chi connectivity index (χ0v) is 10.9. The van der Waals surface area contributed by atoms with Crippen LogP contribution in [-0.2, 0) is 9.59 Å². The summed E-state index contributed by atoms with van der Waals surface area (Å²) in [5, 5.41) is 2.59. The molecule has 0 aliphatic carbocycles. The Morgan fingerprint density at radius 2 is 2.00 bits per heavy atom. The number of nitrogens with zero attached hydrogens (tertiary/aromatic N) is 1. The summed E-state index contributed by atoms with van der Waals surface area (Å²) in [6.45, 7) is 3.33. The lowest BCUT2D eigenvalue weighted by atomic mass is 10.2. The molecule has 1 rings (SSSR count). The molecule has 1 aromatic carbocycles. The van der Waals surface area contributed by atoms with Gasteiger partial charge in [0.25, 0.3) is 0 Å². The van der Waals surface area contributed by atoms with Gasteiger partial charge in [-0.1, -0.05) is 6.92 Å². The van der Waals surface area contributed by atoms with Gasteiger partial charge in [-0.2, -0.15) is 0 Å². The lowest BCUT2D eigenvalue weighted by molar-refractivity contribution is -0.121. The number of rotatable bonds is 5. The summed E-state index contributed by atoms with van der Waals surface area (Å²) < 4.78 is 26.4. The maximum Gasteiger partial charge on any atom is 0.224 e. The van der Waals surface area contributed by atoms with E-state index in [0.717, 1.165) is 17.0 Å². The third kappa shape index (κ3) is 4.31. The molecule has 0 aromatic heterocycles. The van der Waals surface area contributed by atoms with Crippen LogP contribution in [0.25, 0.3) is 0 Å². The van der Waals surface area contributed by atoms with Crippen molar-refractivity contribution < 1.29 is 18.4 Å². The van der Waals surface area contributed by atoms with Crippen molar-refractivity contribution in [3.8, 4) is 0 Å². The van der Waals surface area contributed by atoms with E-state index in [1.165, 1.54) is 13.0 Å². The van der Waals surface area contributed by atoms with E-state index in [0.29, 0.717) is 6.42 Å². The second kappa shape index (κ2) is 6.82. The van der Waals surface area contributed by atoms with Crippen LogP contribution in [0, 0.1) is 11.6 Å². The Morgan fingerprint density at radius 1 is 1.32 bits per heavy atom. The molecule has 0 radical (unpaired) electrons. The van der Waals surface area contributed by atoms with Gasteiger partial charge in [0.05, 0.1) is 5.69 Å². The van der Waals surface area contributed by atoms with Gasteiger partial charge in [-0.25, -0.2) is 8.78 Å². The van der Waals surface area contributed by atoms with Crippen molar-refractivity contribution in [2.45, 2.75) is 20.3 Å². The van der Waals surface area contributed by atoms with Gasteiger partial charge in [-0.3, -0.25) is 9.59 Å². The molecule has 0 heterocycles. The summed E-state index contributed by atoms with van der Waals surface area (Å²) in [4.78, 5) is 23.7. The zero-order valence-electron chi connectivity index (χ0n) is 10.9. The number of hydrogen-bond donors (Lipinski definition) is 1. The van der Waals surface area contributed by atoms with Crippen molar-refractivity contribution in [3.05, 3.63) is 29.8 Å². The first kappa shape index (κ1) is 15.1. The lowest BCUT2D eigenvalue weighted by Gasteiger charge is -2.21. The van der Waals surface area contributed by atoms with Gasteiger partial charge in [-0.05, 0) is 12.1 Å². The molecule has 0 aliphatic heterocycles. The second-order valence-electron chi connectivity index (χ2n) is 3.97. The zero-order chi connectivity index (χ0) is 14.4. The van der Waals surface area contributed by atoms with Gasteiger partial charge >= 0.3 is 0 Å². The van der Waals surface area contributed by atoms with Gasteiger partial charge < -0.3 is 10.2 Å². The van der Waals surface area contributed by atoms with Gasteiger partial charge in [0.2, 0.25) is 11.8 Å². The third-order valence-electron chi connectivity index (χ3n) is 2.56. The minimum atomic E-state index is -0.808. The van der Waals surface area contributed by atoms with Crippen LogP contribution in [-0.4, -0.2) is 24.9 Å². The number of nitrogens with one attached hydrogen (secondary N) is 1. The molecule has 0 unspecified atom stereocenters. The highest BCUT2D eigenvalue weighted by molar-refractivity contribution is 5.91. The van der Waals surface area contributed by atoms with E-state index >= 15 is 0 Å². The van der Waals surface area contributed by atoms with Crippen LogP contribution >= 0.6 is 0 Å². The Morgan fingerprint density at radius 3 is 2.53 bits per heavy atom. The van der Waals surface area contributed by atoms with Crippen LogP contribution < -0.4 is 10.2 Å². The molecule has 0 atom stereocenters. The van der Waals surface area contributed by atoms with Crippen LogP contribution in [0.2, 0.25) is 0 Å². The van der Waals surface area contributed by atoms with Gasteiger partial charge in [-0.15, -0.1) is 0 Å². The standard InChI is InChI=1S/C13H16F2N2O2/c1-3-13(19)16-6-7-17(9(2)18)12-5-4-10(14)8-11(12)15/h4-5,8H,3,6-7H2,1-2H3,(H,16,19). The van der Waals surface area contributed by atoms with E-state index in [1.807, 2.05) is 0 Å². The molecular formula is C13H16F2N2O2. The smallest absolute Gasteiger partial charge is 0.224 e. The lowest BCUT2D eigenvalue weighted by Crippen LogP contribution is -2.37. The number of carbonyl (C=O) groups is 2. The molecule has 0 bridgehead atoms. The van der Waals surface area contributed by atoms with Crippen molar-refractivity contribution >= 4 is 17.5 Å². The number of benzene rings is 1. The Balaban J connectivity index is 2.77. The fraction of sp³-hybridized carbons (Fsp3) is 0.385.